The van der Waals surface area contributed by atoms with E-state index in [0.29, 0.717) is 44.9 Å². The number of nitrogen functional groups attached to an aromatic ring is 1. The molecule has 0 aliphatic rings. The molecule has 42 heavy (non-hydrogen) atoms. The Hall–Kier alpha value is -5.05. The lowest BCUT2D eigenvalue weighted by molar-refractivity contribution is -0.138. The van der Waals surface area contributed by atoms with Gasteiger partial charge in [-0.1, -0.05) is 48.5 Å². The van der Waals surface area contributed by atoms with Crippen LogP contribution in [0, 0.1) is 0 Å². The molecule has 212 valence electrons. The first kappa shape index (κ1) is 28.5. The molecule has 2 N–H and O–H groups in total. The number of hydrogen-bond acceptors (Lipinski definition) is 2. The molecule has 0 aliphatic heterocycles. The molecule has 0 heterocycles. The Balaban J connectivity index is 1.48. The van der Waals surface area contributed by atoms with E-state index in [1.54, 1.807) is 72.8 Å². The molecule has 3 nitrogen and oxygen atoms in total. The predicted octanol–water partition coefficient (Wildman–Crippen LogP) is 9.62. The minimum atomic E-state index is -4.44. The first-order valence-corrected chi connectivity index (χ1v) is 12.7. The molecule has 5 aromatic carbocycles. The van der Waals surface area contributed by atoms with Crippen LogP contribution in [0.4, 0.5) is 43.4 Å². The lowest BCUT2D eigenvalue weighted by Gasteiger charge is -2.24. The van der Waals surface area contributed by atoms with Gasteiger partial charge in [-0.2, -0.15) is 26.3 Å². The van der Waals surface area contributed by atoms with Crippen molar-refractivity contribution in [3.05, 3.63) is 138 Å². The van der Waals surface area contributed by atoms with E-state index in [0.717, 1.165) is 24.3 Å². The fourth-order valence-electron chi connectivity index (χ4n) is 4.45. The molecule has 0 radical (unpaired) electrons. The summed E-state index contributed by atoms with van der Waals surface area (Å²) in [4.78, 5) is 15.2. The molecule has 0 spiro atoms. The van der Waals surface area contributed by atoms with Crippen molar-refractivity contribution in [3.63, 3.8) is 0 Å². The Morgan fingerprint density at radius 3 is 1.10 bits per heavy atom. The van der Waals surface area contributed by atoms with E-state index >= 15 is 0 Å². The van der Waals surface area contributed by atoms with Crippen LogP contribution < -0.4 is 10.6 Å². The number of alkyl halides is 6. The van der Waals surface area contributed by atoms with Crippen molar-refractivity contribution >= 4 is 23.0 Å². The van der Waals surface area contributed by atoms with Gasteiger partial charge in [-0.3, -0.25) is 9.69 Å². The molecule has 0 saturated heterocycles. The number of benzene rings is 5. The van der Waals surface area contributed by atoms with Crippen LogP contribution in [0.25, 0.3) is 22.3 Å². The highest BCUT2D eigenvalue weighted by Gasteiger charge is 2.31. The first-order chi connectivity index (χ1) is 19.9. The highest BCUT2D eigenvalue weighted by Crippen LogP contribution is 2.35. The standard InChI is InChI=1S/C33H22F6N2O/c34-32(35,36)26-11-1-21(2-12-26)23-7-17-29(18-8-23)41(31(42)25-5-15-28(40)16-6-25)30-19-9-24(10-20-30)22-3-13-27(14-4-22)33(37,38)39/h1-20H,40H2. The number of halogens is 6. The molecule has 0 aliphatic carbocycles. The lowest BCUT2D eigenvalue weighted by Crippen LogP contribution is -2.25. The molecule has 5 rings (SSSR count). The molecular weight excluding hydrogens is 554 g/mol. The highest BCUT2D eigenvalue weighted by molar-refractivity contribution is 6.11. The van der Waals surface area contributed by atoms with Crippen LogP contribution in [0.1, 0.15) is 21.5 Å². The summed E-state index contributed by atoms with van der Waals surface area (Å²) in [5, 5.41) is 0. The van der Waals surface area contributed by atoms with E-state index < -0.39 is 23.5 Å². The van der Waals surface area contributed by atoms with E-state index in [1.807, 2.05) is 0 Å². The number of nitrogens with zero attached hydrogens (tertiary/aromatic N) is 1. The van der Waals surface area contributed by atoms with Gasteiger partial charge in [0.25, 0.3) is 5.91 Å². The zero-order valence-electron chi connectivity index (χ0n) is 21.7. The summed E-state index contributed by atoms with van der Waals surface area (Å²) in [6, 6.07) is 29.6. The van der Waals surface area contributed by atoms with Crippen LogP contribution in [-0.2, 0) is 12.4 Å². The Labute approximate surface area is 237 Å². The molecule has 9 heteroatoms. The number of rotatable bonds is 5. The Morgan fingerprint density at radius 1 is 0.476 bits per heavy atom. The zero-order chi connectivity index (χ0) is 30.1. The van der Waals surface area contributed by atoms with Crippen LogP contribution in [0.5, 0.6) is 0 Å². The van der Waals surface area contributed by atoms with Gasteiger partial charge in [0, 0.05) is 22.6 Å². The van der Waals surface area contributed by atoms with Crippen LogP contribution in [0.3, 0.4) is 0 Å². The van der Waals surface area contributed by atoms with Crippen molar-refractivity contribution < 1.29 is 31.1 Å². The zero-order valence-corrected chi connectivity index (χ0v) is 21.7. The second-order valence-corrected chi connectivity index (χ2v) is 9.51. The van der Waals surface area contributed by atoms with Crippen molar-refractivity contribution in [1.29, 1.82) is 0 Å². The molecule has 0 fully saturated rings. The topological polar surface area (TPSA) is 46.3 Å². The van der Waals surface area contributed by atoms with Gasteiger partial charge in [-0.05, 0) is 95.1 Å². The SMILES string of the molecule is Nc1ccc(C(=O)N(c2ccc(-c3ccc(C(F)(F)F)cc3)cc2)c2ccc(-c3ccc(C(F)(F)F)cc3)cc2)cc1. The summed E-state index contributed by atoms with van der Waals surface area (Å²) in [5.74, 6) is -0.362. The Bertz CT molecular complexity index is 1570. The molecule has 0 saturated carbocycles. The van der Waals surface area contributed by atoms with Crippen molar-refractivity contribution in [3.8, 4) is 22.3 Å². The molecule has 0 aromatic heterocycles. The number of hydrogen-bond donors (Lipinski definition) is 1. The van der Waals surface area contributed by atoms with Crippen LogP contribution in [0.15, 0.2) is 121 Å². The lowest BCUT2D eigenvalue weighted by atomic mass is 10.0. The van der Waals surface area contributed by atoms with Crippen LogP contribution >= 0.6 is 0 Å². The molecule has 0 unspecified atom stereocenters. The van der Waals surface area contributed by atoms with E-state index in [-0.39, 0.29) is 5.91 Å². The summed E-state index contributed by atoms with van der Waals surface area (Å²) < 4.78 is 77.7. The third-order valence-corrected chi connectivity index (χ3v) is 6.70. The quantitative estimate of drug-likeness (QED) is 0.167. The maximum atomic E-state index is 13.7. The van der Waals surface area contributed by atoms with Crippen molar-refractivity contribution in [2.45, 2.75) is 12.4 Å². The van der Waals surface area contributed by atoms with E-state index in [9.17, 15) is 31.1 Å². The van der Waals surface area contributed by atoms with Gasteiger partial charge in [0.2, 0.25) is 0 Å². The number of anilines is 3. The van der Waals surface area contributed by atoms with Crippen molar-refractivity contribution in [2.24, 2.45) is 0 Å². The fourth-order valence-corrected chi connectivity index (χ4v) is 4.45. The highest BCUT2D eigenvalue weighted by atomic mass is 19.4. The van der Waals surface area contributed by atoms with Crippen LogP contribution in [-0.4, -0.2) is 5.91 Å². The number of carbonyl (C=O) groups is 1. The van der Waals surface area contributed by atoms with Gasteiger partial charge in [-0.25, -0.2) is 0 Å². The largest absolute Gasteiger partial charge is 0.416 e. The van der Waals surface area contributed by atoms with E-state index in [2.05, 4.69) is 0 Å². The maximum absolute atomic E-state index is 13.7. The predicted molar refractivity (Wildman–Crippen MR) is 151 cm³/mol. The van der Waals surface area contributed by atoms with E-state index in [1.165, 1.54) is 29.2 Å². The summed E-state index contributed by atoms with van der Waals surface area (Å²) in [7, 11) is 0. The minimum Gasteiger partial charge on any atom is -0.399 e. The smallest absolute Gasteiger partial charge is 0.399 e. The molecule has 0 atom stereocenters. The van der Waals surface area contributed by atoms with Crippen LogP contribution in [0.2, 0.25) is 0 Å². The minimum absolute atomic E-state index is 0.362. The summed E-state index contributed by atoms with van der Waals surface area (Å²) in [6.07, 6.45) is -8.87. The van der Waals surface area contributed by atoms with Gasteiger partial charge in [0.15, 0.2) is 0 Å². The molecule has 5 aromatic rings. The summed E-state index contributed by atoms with van der Waals surface area (Å²) >= 11 is 0. The Kier molecular flexibility index (Phi) is 7.51. The van der Waals surface area contributed by atoms with E-state index in [4.69, 9.17) is 5.73 Å². The maximum Gasteiger partial charge on any atom is 0.416 e. The number of amides is 1. The van der Waals surface area contributed by atoms with Gasteiger partial charge in [-0.15, -0.1) is 0 Å². The molecule has 1 amide bonds. The van der Waals surface area contributed by atoms with Crippen molar-refractivity contribution in [1.82, 2.24) is 0 Å². The average Bonchev–Trinajstić information content (AvgIpc) is 2.98. The number of carbonyl (C=O) groups excluding carboxylic acids is 1. The third kappa shape index (κ3) is 6.15. The second-order valence-electron chi connectivity index (χ2n) is 9.51. The first-order valence-electron chi connectivity index (χ1n) is 12.7. The third-order valence-electron chi connectivity index (χ3n) is 6.70. The normalized spacial score (nSPS) is 11.8. The molecular formula is C33H22F6N2O. The number of nitrogens with two attached hydrogens (primary N) is 1. The summed E-state index contributed by atoms with van der Waals surface area (Å²) in [6.45, 7) is 0. The van der Waals surface area contributed by atoms with Gasteiger partial charge >= 0.3 is 12.4 Å². The van der Waals surface area contributed by atoms with Gasteiger partial charge in [0.1, 0.15) is 0 Å². The average molecular weight is 577 g/mol. The van der Waals surface area contributed by atoms with Gasteiger partial charge in [0.05, 0.1) is 11.1 Å². The summed E-state index contributed by atoms with van der Waals surface area (Å²) in [5.41, 5.74) is 8.60. The second kappa shape index (κ2) is 11.1. The van der Waals surface area contributed by atoms with Crippen molar-refractivity contribution in [2.75, 3.05) is 10.6 Å². The fraction of sp³-hybridized carbons (Fsp3) is 0.0606. The Morgan fingerprint density at radius 2 is 0.786 bits per heavy atom. The van der Waals surface area contributed by atoms with Gasteiger partial charge < -0.3 is 5.73 Å². The molecule has 0 bridgehead atoms. The monoisotopic (exact) mass is 576 g/mol.